The monoisotopic (exact) mass is 288 g/mol. The van der Waals surface area contributed by atoms with E-state index in [9.17, 15) is 9.59 Å². The highest BCUT2D eigenvalue weighted by atomic mass is 16.5. The second kappa shape index (κ2) is 5.51. The maximum atomic E-state index is 12.6. The third-order valence-electron chi connectivity index (χ3n) is 3.80. The lowest BCUT2D eigenvalue weighted by atomic mass is 9.97. The summed E-state index contributed by atoms with van der Waals surface area (Å²) in [5.41, 5.74) is 1.18. The molecule has 0 bridgehead atoms. The molecule has 1 atom stereocenters. The van der Waals surface area contributed by atoms with Crippen molar-refractivity contribution in [3.8, 4) is 0 Å². The van der Waals surface area contributed by atoms with Crippen LogP contribution >= 0.6 is 0 Å². The highest BCUT2D eigenvalue weighted by Gasteiger charge is 2.30. The first-order valence-electron chi connectivity index (χ1n) is 6.85. The summed E-state index contributed by atoms with van der Waals surface area (Å²) in [5, 5.41) is 4.14. The van der Waals surface area contributed by atoms with Crippen LogP contribution in [0.15, 0.2) is 24.8 Å². The van der Waals surface area contributed by atoms with Crippen molar-refractivity contribution in [2.45, 2.75) is 12.8 Å². The number of rotatable bonds is 2. The molecule has 0 saturated carbocycles. The van der Waals surface area contributed by atoms with Gasteiger partial charge in [-0.1, -0.05) is 0 Å². The SMILES string of the molecule is COC(=O)C1CCCN(C(=O)c2cnn3ccncc23)C1. The zero-order chi connectivity index (χ0) is 14.8. The Hall–Kier alpha value is -2.44. The van der Waals surface area contributed by atoms with Crippen molar-refractivity contribution in [3.63, 3.8) is 0 Å². The van der Waals surface area contributed by atoms with E-state index in [4.69, 9.17) is 4.74 Å². The van der Waals surface area contributed by atoms with Crippen molar-refractivity contribution in [1.29, 1.82) is 0 Å². The van der Waals surface area contributed by atoms with E-state index in [1.807, 2.05) is 0 Å². The first-order chi connectivity index (χ1) is 10.2. The minimum absolute atomic E-state index is 0.119. The van der Waals surface area contributed by atoms with Crippen LogP contribution < -0.4 is 0 Å². The fraction of sp³-hybridized carbons (Fsp3) is 0.429. The number of ether oxygens (including phenoxy) is 1. The molecule has 2 aromatic heterocycles. The molecule has 3 heterocycles. The number of likely N-dealkylation sites (tertiary alicyclic amines) is 1. The van der Waals surface area contributed by atoms with E-state index < -0.39 is 0 Å². The first-order valence-corrected chi connectivity index (χ1v) is 6.85. The van der Waals surface area contributed by atoms with E-state index in [0.717, 1.165) is 12.8 Å². The molecule has 0 N–H and O–H groups in total. The Balaban J connectivity index is 1.83. The van der Waals surface area contributed by atoms with Crippen molar-refractivity contribution < 1.29 is 14.3 Å². The normalized spacial score (nSPS) is 18.7. The van der Waals surface area contributed by atoms with Crippen LogP contribution in [0.1, 0.15) is 23.2 Å². The number of amides is 1. The maximum absolute atomic E-state index is 12.6. The summed E-state index contributed by atoms with van der Waals surface area (Å²) in [5.74, 6) is -0.617. The zero-order valence-electron chi connectivity index (χ0n) is 11.7. The van der Waals surface area contributed by atoms with Crippen LogP contribution in [-0.4, -0.2) is 51.6 Å². The van der Waals surface area contributed by atoms with Crippen LogP contribution in [0.25, 0.3) is 5.52 Å². The van der Waals surface area contributed by atoms with Crippen molar-refractivity contribution in [1.82, 2.24) is 19.5 Å². The molecule has 2 aromatic rings. The van der Waals surface area contributed by atoms with Crippen LogP contribution in [-0.2, 0) is 9.53 Å². The zero-order valence-corrected chi connectivity index (χ0v) is 11.7. The minimum atomic E-state index is -0.256. The molecule has 1 unspecified atom stereocenters. The first kappa shape index (κ1) is 13.5. The molecular formula is C14H16N4O3. The quantitative estimate of drug-likeness (QED) is 0.762. The lowest BCUT2D eigenvalue weighted by Crippen LogP contribution is -2.42. The number of hydrogen-bond donors (Lipinski definition) is 0. The molecule has 110 valence electrons. The Kier molecular flexibility index (Phi) is 3.55. The van der Waals surface area contributed by atoms with E-state index >= 15 is 0 Å². The highest BCUT2D eigenvalue weighted by Crippen LogP contribution is 2.21. The third kappa shape index (κ3) is 2.46. The number of carbonyl (C=O) groups excluding carboxylic acids is 2. The summed E-state index contributed by atoms with van der Waals surface area (Å²) < 4.78 is 6.39. The summed E-state index contributed by atoms with van der Waals surface area (Å²) >= 11 is 0. The number of esters is 1. The van der Waals surface area contributed by atoms with Gasteiger partial charge >= 0.3 is 5.97 Å². The molecule has 1 aliphatic heterocycles. The topological polar surface area (TPSA) is 76.8 Å². The molecular weight excluding hydrogens is 272 g/mol. The van der Waals surface area contributed by atoms with Crippen molar-refractivity contribution in [2.75, 3.05) is 20.2 Å². The van der Waals surface area contributed by atoms with Crippen LogP contribution in [0.4, 0.5) is 0 Å². The number of fused-ring (bicyclic) bond motifs is 1. The van der Waals surface area contributed by atoms with E-state index in [1.165, 1.54) is 7.11 Å². The highest BCUT2D eigenvalue weighted by molar-refractivity contribution is 6.00. The molecule has 1 saturated heterocycles. The molecule has 0 aromatic carbocycles. The number of piperidine rings is 1. The molecule has 7 nitrogen and oxygen atoms in total. The molecule has 0 aliphatic carbocycles. The van der Waals surface area contributed by atoms with Gasteiger partial charge in [0.25, 0.3) is 5.91 Å². The van der Waals surface area contributed by atoms with Crippen LogP contribution in [0, 0.1) is 5.92 Å². The molecule has 0 spiro atoms. The van der Waals surface area contributed by atoms with Gasteiger partial charge in [0.15, 0.2) is 0 Å². The standard InChI is InChI=1S/C14H16N4O3/c1-21-14(20)10-3-2-5-17(9-10)13(19)11-7-16-18-6-4-15-8-12(11)18/h4,6-8,10H,2-3,5,9H2,1H3. The molecule has 21 heavy (non-hydrogen) atoms. The van der Waals surface area contributed by atoms with Gasteiger partial charge in [-0.3, -0.25) is 14.6 Å². The fourth-order valence-electron chi connectivity index (χ4n) is 2.69. The van der Waals surface area contributed by atoms with Gasteiger partial charge in [0.2, 0.25) is 0 Å². The smallest absolute Gasteiger partial charge is 0.310 e. The fourth-order valence-corrected chi connectivity index (χ4v) is 2.69. The summed E-state index contributed by atoms with van der Waals surface area (Å²) in [6, 6.07) is 0. The molecule has 7 heteroatoms. The second-order valence-corrected chi connectivity index (χ2v) is 5.08. The van der Waals surface area contributed by atoms with Crippen molar-refractivity contribution in [2.24, 2.45) is 5.92 Å². The lowest BCUT2D eigenvalue weighted by Gasteiger charge is -2.31. The predicted octanol–water partition coefficient (Wildman–Crippen LogP) is 0.754. The van der Waals surface area contributed by atoms with E-state index in [2.05, 4.69) is 10.1 Å². The minimum Gasteiger partial charge on any atom is -0.469 e. The van der Waals surface area contributed by atoms with Gasteiger partial charge in [0, 0.05) is 25.5 Å². The predicted molar refractivity (Wildman–Crippen MR) is 73.6 cm³/mol. The van der Waals surface area contributed by atoms with Crippen molar-refractivity contribution in [3.05, 3.63) is 30.4 Å². The average Bonchev–Trinajstić information content (AvgIpc) is 2.97. The molecule has 1 aliphatic rings. The Morgan fingerprint density at radius 3 is 3.05 bits per heavy atom. The number of carbonyl (C=O) groups is 2. The van der Waals surface area contributed by atoms with Crippen LogP contribution in [0.3, 0.4) is 0 Å². The largest absolute Gasteiger partial charge is 0.469 e. The van der Waals surface area contributed by atoms with Crippen molar-refractivity contribution >= 4 is 17.4 Å². The Morgan fingerprint density at radius 2 is 2.24 bits per heavy atom. The number of methoxy groups -OCH3 is 1. The van der Waals surface area contributed by atoms with Crippen LogP contribution in [0.2, 0.25) is 0 Å². The molecule has 1 amide bonds. The maximum Gasteiger partial charge on any atom is 0.310 e. The molecule has 3 rings (SSSR count). The van der Waals surface area contributed by atoms with E-state index in [-0.39, 0.29) is 17.8 Å². The lowest BCUT2D eigenvalue weighted by molar-refractivity contribution is -0.146. The number of hydrogen-bond acceptors (Lipinski definition) is 5. The van der Waals surface area contributed by atoms with E-state index in [0.29, 0.717) is 24.2 Å². The Morgan fingerprint density at radius 1 is 1.38 bits per heavy atom. The Bertz CT molecular complexity index is 682. The molecule has 1 fully saturated rings. The van der Waals surface area contributed by atoms with Gasteiger partial charge in [0.05, 0.1) is 36.5 Å². The van der Waals surface area contributed by atoms with Gasteiger partial charge in [-0.2, -0.15) is 5.10 Å². The number of nitrogens with zero attached hydrogens (tertiary/aromatic N) is 4. The third-order valence-corrected chi connectivity index (χ3v) is 3.80. The van der Waals surface area contributed by atoms with Gasteiger partial charge in [-0.05, 0) is 12.8 Å². The Labute approximate surface area is 121 Å². The van der Waals surface area contributed by atoms with Crippen LogP contribution in [0.5, 0.6) is 0 Å². The average molecular weight is 288 g/mol. The van der Waals surface area contributed by atoms with Gasteiger partial charge < -0.3 is 9.64 Å². The summed E-state index contributed by atoms with van der Waals surface area (Å²) in [4.78, 5) is 30.0. The number of aromatic nitrogens is 3. The van der Waals surface area contributed by atoms with E-state index in [1.54, 1.807) is 34.2 Å². The van der Waals surface area contributed by atoms with Gasteiger partial charge in [-0.15, -0.1) is 0 Å². The van der Waals surface area contributed by atoms with Gasteiger partial charge in [0.1, 0.15) is 0 Å². The molecule has 0 radical (unpaired) electrons. The summed E-state index contributed by atoms with van der Waals surface area (Å²) in [6.07, 6.45) is 8.01. The second-order valence-electron chi connectivity index (χ2n) is 5.08. The summed E-state index contributed by atoms with van der Waals surface area (Å²) in [7, 11) is 1.38. The summed E-state index contributed by atoms with van der Waals surface area (Å²) in [6.45, 7) is 1.03. The van der Waals surface area contributed by atoms with Gasteiger partial charge in [-0.25, -0.2) is 4.52 Å².